The van der Waals surface area contributed by atoms with Gasteiger partial charge in [-0.05, 0) is 43.7 Å². The predicted molar refractivity (Wildman–Crippen MR) is 105 cm³/mol. The minimum Gasteiger partial charge on any atom is -0.341 e. The number of benzene rings is 2. The Morgan fingerprint density at radius 3 is 2.54 bits per heavy atom. The largest absolute Gasteiger partial charge is 0.341 e. The second-order valence-corrected chi connectivity index (χ2v) is 6.89. The van der Waals surface area contributed by atoms with Crippen LogP contribution in [0.2, 0.25) is 5.02 Å². The van der Waals surface area contributed by atoms with Gasteiger partial charge in [-0.15, -0.1) is 0 Å². The summed E-state index contributed by atoms with van der Waals surface area (Å²) >= 11 is 6.03. The third-order valence-electron chi connectivity index (χ3n) is 4.50. The quantitative estimate of drug-likeness (QED) is 0.672. The van der Waals surface area contributed by atoms with Crippen molar-refractivity contribution < 1.29 is 4.79 Å². The molecule has 0 bridgehead atoms. The maximum absolute atomic E-state index is 12.7. The van der Waals surface area contributed by atoms with E-state index in [0.717, 1.165) is 28.2 Å². The zero-order chi connectivity index (χ0) is 18.7. The summed E-state index contributed by atoms with van der Waals surface area (Å²) in [5, 5.41) is 5.30. The van der Waals surface area contributed by atoms with Gasteiger partial charge >= 0.3 is 0 Å². The lowest BCUT2D eigenvalue weighted by atomic mass is 10.1. The molecule has 0 saturated carbocycles. The molecule has 2 aromatic carbocycles. The second-order valence-electron chi connectivity index (χ2n) is 6.45. The molecule has 0 aliphatic rings. The zero-order valence-electron chi connectivity index (χ0n) is 15.2. The molecule has 0 aliphatic carbocycles. The number of rotatable bonds is 5. The fourth-order valence-electron chi connectivity index (χ4n) is 3.03. The summed E-state index contributed by atoms with van der Waals surface area (Å²) in [7, 11) is 1.82. The van der Waals surface area contributed by atoms with Crippen molar-refractivity contribution in [3.63, 3.8) is 0 Å². The maximum Gasteiger partial charge on any atom is 0.227 e. The maximum atomic E-state index is 12.7. The number of likely N-dealkylation sites (N-methyl/N-ethyl adjacent to an activating group) is 1. The molecule has 1 heterocycles. The number of halogens is 1. The molecule has 0 spiro atoms. The van der Waals surface area contributed by atoms with E-state index in [9.17, 15) is 4.79 Å². The Labute approximate surface area is 159 Å². The van der Waals surface area contributed by atoms with Gasteiger partial charge in [-0.2, -0.15) is 5.10 Å². The molecule has 0 unspecified atom stereocenters. The molecule has 0 N–H and O–H groups in total. The number of hydrogen-bond acceptors (Lipinski definition) is 2. The molecule has 26 heavy (non-hydrogen) atoms. The van der Waals surface area contributed by atoms with Gasteiger partial charge in [0.1, 0.15) is 0 Å². The first-order valence-corrected chi connectivity index (χ1v) is 8.92. The summed E-state index contributed by atoms with van der Waals surface area (Å²) in [6.45, 7) is 4.49. The lowest BCUT2D eigenvalue weighted by Gasteiger charge is -2.17. The van der Waals surface area contributed by atoms with Crippen LogP contribution in [0.1, 0.15) is 22.5 Å². The van der Waals surface area contributed by atoms with Gasteiger partial charge in [0.2, 0.25) is 5.91 Å². The zero-order valence-corrected chi connectivity index (χ0v) is 16.0. The normalized spacial score (nSPS) is 10.8. The average molecular weight is 368 g/mol. The van der Waals surface area contributed by atoms with E-state index in [1.165, 1.54) is 0 Å². The molecular formula is C21H22ClN3O. The van der Waals surface area contributed by atoms with Crippen molar-refractivity contribution in [1.82, 2.24) is 14.7 Å². The van der Waals surface area contributed by atoms with E-state index in [1.54, 1.807) is 4.90 Å². The second kappa shape index (κ2) is 7.75. The Morgan fingerprint density at radius 2 is 1.85 bits per heavy atom. The lowest BCUT2D eigenvalue weighted by Crippen LogP contribution is -2.28. The van der Waals surface area contributed by atoms with Gasteiger partial charge in [0.15, 0.2) is 0 Å². The van der Waals surface area contributed by atoms with Crippen LogP contribution in [0.5, 0.6) is 0 Å². The first-order valence-electron chi connectivity index (χ1n) is 8.54. The minimum atomic E-state index is 0.0591. The first-order chi connectivity index (χ1) is 12.5. The molecular weight excluding hydrogens is 346 g/mol. The summed E-state index contributed by atoms with van der Waals surface area (Å²) in [4.78, 5) is 14.4. The summed E-state index contributed by atoms with van der Waals surface area (Å²) in [6, 6.07) is 17.5. The molecule has 0 radical (unpaired) electrons. The van der Waals surface area contributed by atoms with E-state index in [1.807, 2.05) is 80.2 Å². The van der Waals surface area contributed by atoms with E-state index >= 15 is 0 Å². The summed E-state index contributed by atoms with van der Waals surface area (Å²) in [6.07, 6.45) is 0.335. The fraction of sp³-hybridized carbons (Fsp3) is 0.238. The monoisotopic (exact) mass is 367 g/mol. The molecule has 0 fully saturated rings. The molecule has 134 valence electrons. The minimum absolute atomic E-state index is 0.0591. The van der Waals surface area contributed by atoms with Gasteiger partial charge < -0.3 is 4.90 Å². The van der Waals surface area contributed by atoms with Gasteiger partial charge in [0, 0.05) is 29.9 Å². The van der Waals surface area contributed by atoms with Crippen LogP contribution in [0.25, 0.3) is 5.69 Å². The van der Waals surface area contributed by atoms with E-state index in [2.05, 4.69) is 5.10 Å². The van der Waals surface area contributed by atoms with Gasteiger partial charge in [0.25, 0.3) is 0 Å². The van der Waals surface area contributed by atoms with Gasteiger partial charge in [0.05, 0.1) is 17.8 Å². The molecule has 3 rings (SSSR count). The Bertz CT molecular complexity index is 918. The third kappa shape index (κ3) is 3.97. The van der Waals surface area contributed by atoms with Crippen molar-refractivity contribution in [3.05, 3.63) is 82.1 Å². The molecule has 3 aromatic rings. The van der Waals surface area contributed by atoms with Crippen LogP contribution in [0, 0.1) is 13.8 Å². The van der Waals surface area contributed by atoms with E-state index in [0.29, 0.717) is 18.0 Å². The number of para-hydroxylation sites is 1. The number of carbonyl (C=O) groups is 1. The van der Waals surface area contributed by atoms with Crippen LogP contribution in [-0.2, 0) is 17.8 Å². The Hall–Kier alpha value is -2.59. The highest BCUT2D eigenvalue weighted by atomic mass is 35.5. The summed E-state index contributed by atoms with van der Waals surface area (Å²) < 4.78 is 1.90. The van der Waals surface area contributed by atoms with Crippen molar-refractivity contribution in [3.8, 4) is 5.69 Å². The number of nitrogens with zero attached hydrogens (tertiary/aromatic N) is 3. The molecule has 4 nitrogen and oxygen atoms in total. The molecule has 1 amide bonds. The van der Waals surface area contributed by atoms with Crippen molar-refractivity contribution >= 4 is 17.5 Å². The van der Waals surface area contributed by atoms with Crippen LogP contribution >= 0.6 is 11.6 Å². The highest BCUT2D eigenvalue weighted by Gasteiger charge is 2.18. The van der Waals surface area contributed by atoms with Gasteiger partial charge in [-0.25, -0.2) is 4.68 Å². The SMILES string of the molecule is Cc1nn(-c2ccccc2)c(C)c1CC(=O)N(C)Cc1cccc(Cl)c1. The first kappa shape index (κ1) is 18.2. The van der Waals surface area contributed by atoms with Crippen LogP contribution in [0.15, 0.2) is 54.6 Å². The van der Waals surface area contributed by atoms with E-state index < -0.39 is 0 Å². The van der Waals surface area contributed by atoms with Crippen molar-refractivity contribution in [1.29, 1.82) is 0 Å². The number of aromatic nitrogens is 2. The number of amides is 1. The van der Waals surface area contributed by atoms with Crippen LogP contribution in [-0.4, -0.2) is 27.6 Å². The van der Waals surface area contributed by atoms with Crippen molar-refractivity contribution in [2.75, 3.05) is 7.05 Å². The number of carbonyl (C=O) groups excluding carboxylic acids is 1. The van der Waals surface area contributed by atoms with Crippen LogP contribution in [0.3, 0.4) is 0 Å². The molecule has 1 aromatic heterocycles. The number of aryl methyl sites for hydroxylation is 1. The third-order valence-corrected chi connectivity index (χ3v) is 4.74. The number of hydrogen-bond donors (Lipinski definition) is 0. The van der Waals surface area contributed by atoms with Crippen LogP contribution in [0.4, 0.5) is 0 Å². The standard InChI is InChI=1S/C21H22ClN3O/c1-15-20(16(2)25(23-15)19-10-5-4-6-11-19)13-21(26)24(3)14-17-8-7-9-18(22)12-17/h4-12H,13-14H2,1-3H3. The molecule has 0 aliphatic heterocycles. The van der Waals surface area contributed by atoms with Gasteiger partial charge in [-0.1, -0.05) is 41.9 Å². The highest BCUT2D eigenvalue weighted by Crippen LogP contribution is 2.19. The van der Waals surface area contributed by atoms with Crippen molar-refractivity contribution in [2.24, 2.45) is 0 Å². The Balaban J connectivity index is 1.76. The molecule has 0 saturated heterocycles. The Kier molecular flexibility index (Phi) is 5.43. The summed E-state index contributed by atoms with van der Waals surface area (Å²) in [5.41, 5.74) is 4.88. The fourth-order valence-corrected chi connectivity index (χ4v) is 3.25. The average Bonchev–Trinajstić information content (AvgIpc) is 2.90. The van der Waals surface area contributed by atoms with E-state index in [4.69, 9.17) is 11.6 Å². The molecule has 5 heteroatoms. The Morgan fingerprint density at radius 1 is 1.12 bits per heavy atom. The van der Waals surface area contributed by atoms with E-state index in [-0.39, 0.29) is 5.91 Å². The predicted octanol–water partition coefficient (Wildman–Crippen LogP) is 4.34. The molecule has 0 atom stereocenters. The topological polar surface area (TPSA) is 38.1 Å². The van der Waals surface area contributed by atoms with Crippen molar-refractivity contribution in [2.45, 2.75) is 26.8 Å². The smallest absolute Gasteiger partial charge is 0.227 e. The summed E-state index contributed by atoms with van der Waals surface area (Å²) in [5.74, 6) is 0.0591. The van der Waals surface area contributed by atoms with Gasteiger partial charge in [-0.3, -0.25) is 4.79 Å². The lowest BCUT2D eigenvalue weighted by molar-refractivity contribution is -0.129. The highest BCUT2D eigenvalue weighted by molar-refractivity contribution is 6.30. The van der Waals surface area contributed by atoms with Crippen LogP contribution < -0.4 is 0 Å².